The second kappa shape index (κ2) is 11.9. The molecule has 51 heavy (non-hydrogen) atoms. The monoisotopic (exact) mass is 651 g/mol. The van der Waals surface area contributed by atoms with Crippen LogP contribution in [0.3, 0.4) is 0 Å². The van der Waals surface area contributed by atoms with E-state index in [2.05, 4.69) is 214 Å². The Hall–Kier alpha value is -6.84. The lowest BCUT2D eigenvalue weighted by Gasteiger charge is -2.26. The molecule has 0 aliphatic carbocycles. The minimum atomic E-state index is 1.10. The Kier molecular flexibility index (Phi) is 6.81. The van der Waals surface area contributed by atoms with Crippen LogP contribution in [0.5, 0.6) is 0 Å². The Balaban J connectivity index is 1.19. The highest BCUT2D eigenvalue weighted by molar-refractivity contribution is 6.19. The molecule has 0 amide bonds. The summed E-state index contributed by atoms with van der Waals surface area (Å²) in [6, 6.07) is 72.1. The molecular formula is C48H33N3. The van der Waals surface area contributed by atoms with E-state index in [-0.39, 0.29) is 0 Å². The van der Waals surface area contributed by atoms with E-state index in [4.69, 9.17) is 0 Å². The van der Waals surface area contributed by atoms with Gasteiger partial charge in [-0.2, -0.15) is 0 Å². The first-order valence-electron chi connectivity index (χ1n) is 17.4. The fourth-order valence-corrected chi connectivity index (χ4v) is 7.78. The molecule has 10 rings (SSSR count). The van der Waals surface area contributed by atoms with E-state index in [1.54, 1.807) is 0 Å². The molecule has 0 bridgehead atoms. The second-order valence-electron chi connectivity index (χ2n) is 13.0. The smallest absolute Gasteiger partial charge is 0.0635 e. The number of fused-ring (bicyclic) bond motifs is 6. The summed E-state index contributed by atoms with van der Waals surface area (Å²) in [7, 11) is 0. The summed E-state index contributed by atoms with van der Waals surface area (Å²) < 4.78 is 4.85. The largest absolute Gasteiger partial charge is 0.310 e. The van der Waals surface area contributed by atoms with Crippen molar-refractivity contribution in [3.05, 3.63) is 200 Å². The lowest BCUT2D eigenvalue weighted by molar-refractivity contribution is 1.13. The normalized spacial score (nSPS) is 11.5. The molecular weight excluding hydrogens is 619 g/mol. The zero-order chi connectivity index (χ0) is 33.7. The van der Waals surface area contributed by atoms with Gasteiger partial charge >= 0.3 is 0 Å². The van der Waals surface area contributed by atoms with Crippen LogP contribution in [0.2, 0.25) is 0 Å². The van der Waals surface area contributed by atoms with Gasteiger partial charge in [-0.3, -0.25) is 0 Å². The van der Waals surface area contributed by atoms with Gasteiger partial charge in [-0.05, 0) is 95.2 Å². The summed E-state index contributed by atoms with van der Waals surface area (Å²) in [6.45, 7) is 0. The van der Waals surface area contributed by atoms with Crippen LogP contribution in [0, 0.1) is 0 Å². The minimum absolute atomic E-state index is 1.10. The highest BCUT2D eigenvalue weighted by Crippen LogP contribution is 2.42. The van der Waals surface area contributed by atoms with Crippen LogP contribution < -0.4 is 4.90 Å². The van der Waals surface area contributed by atoms with Gasteiger partial charge in [-0.25, -0.2) is 0 Å². The van der Waals surface area contributed by atoms with Gasteiger partial charge in [0.05, 0.1) is 22.2 Å². The van der Waals surface area contributed by atoms with Crippen molar-refractivity contribution >= 4 is 60.5 Å². The topological polar surface area (TPSA) is 13.1 Å². The van der Waals surface area contributed by atoms with Gasteiger partial charge in [0.15, 0.2) is 0 Å². The molecule has 0 radical (unpaired) electrons. The van der Waals surface area contributed by atoms with Crippen molar-refractivity contribution in [1.29, 1.82) is 0 Å². The van der Waals surface area contributed by atoms with Gasteiger partial charge in [0.2, 0.25) is 0 Å². The molecule has 10 aromatic rings. The van der Waals surface area contributed by atoms with E-state index >= 15 is 0 Å². The van der Waals surface area contributed by atoms with Crippen molar-refractivity contribution in [3.63, 3.8) is 0 Å². The molecule has 2 heterocycles. The number of nitrogens with zero attached hydrogens (tertiary/aromatic N) is 3. The minimum Gasteiger partial charge on any atom is -0.310 e. The van der Waals surface area contributed by atoms with Crippen LogP contribution in [0.15, 0.2) is 200 Å². The summed E-state index contributed by atoms with van der Waals surface area (Å²) in [4.78, 5) is 2.34. The predicted octanol–water partition coefficient (Wildman–Crippen LogP) is 13.0. The fourth-order valence-electron chi connectivity index (χ4n) is 7.78. The van der Waals surface area contributed by atoms with E-state index in [1.165, 1.54) is 54.7 Å². The van der Waals surface area contributed by atoms with Crippen molar-refractivity contribution in [2.75, 3.05) is 4.90 Å². The van der Waals surface area contributed by atoms with Crippen LogP contribution in [0.25, 0.3) is 66.1 Å². The van der Waals surface area contributed by atoms with Crippen molar-refractivity contribution in [1.82, 2.24) is 9.13 Å². The van der Waals surface area contributed by atoms with Crippen molar-refractivity contribution in [2.45, 2.75) is 0 Å². The number of para-hydroxylation sites is 3. The second-order valence-corrected chi connectivity index (χ2v) is 13.0. The van der Waals surface area contributed by atoms with Gasteiger partial charge in [-0.1, -0.05) is 121 Å². The number of hydrogen-bond donors (Lipinski definition) is 0. The van der Waals surface area contributed by atoms with Gasteiger partial charge in [0.1, 0.15) is 0 Å². The average molecular weight is 652 g/mol. The lowest BCUT2D eigenvalue weighted by Crippen LogP contribution is -2.10. The lowest BCUT2D eigenvalue weighted by atomic mass is 10.1. The maximum absolute atomic E-state index is 2.45. The van der Waals surface area contributed by atoms with Gasteiger partial charge in [-0.15, -0.1) is 0 Å². The van der Waals surface area contributed by atoms with Crippen molar-refractivity contribution in [3.8, 4) is 22.6 Å². The molecule has 0 aliphatic rings. The van der Waals surface area contributed by atoms with Gasteiger partial charge in [0, 0.05) is 44.6 Å². The van der Waals surface area contributed by atoms with Crippen LogP contribution in [-0.2, 0) is 0 Å². The molecule has 0 unspecified atom stereocenters. The SMILES string of the molecule is c1ccc(-c2cc3c(ccc4c5ccccc5n(-c5ccc(N(c6ccccc6)c6ccc7ccccc7c6)cc5)c43)n2-c2ccccc2)cc1. The van der Waals surface area contributed by atoms with Crippen molar-refractivity contribution < 1.29 is 0 Å². The first-order valence-corrected chi connectivity index (χ1v) is 17.4. The molecule has 2 aromatic heterocycles. The summed E-state index contributed by atoms with van der Waals surface area (Å²) in [6.07, 6.45) is 0. The molecule has 0 atom stereocenters. The zero-order valence-corrected chi connectivity index (χ0v) is 27.9. The summed E-state index contributed by atoms with van der Waals surface area (Å²) >= 11 is 0. The van der Waals surface area contributed by atoms with Crippen LogP contribution in [-0.4, -0.2) is 9.13 Å². The van der Waals surface area contributed by atoms with E-state index in [1.807, 2.05) is 0 Å². The maximum atomic E-state index is 2.45. The first-order chi connectivity index (χ1) is 25.3. The third-order valence-corrected chi connectivity index (χ3v) is 10.1. The number of anilines is 3. The molecule has 0 fully saturated rings. The van der Waals surface area contributed by atoms with Crippen LogP contribution in [0.1, 0.15) is 0 Å². The first kappa shape index (κ1) is 29.1. The molecule has 0 spiro atoms. The summed E-state index contributed by atoms with van der Waals surface area (Å²) in [5.74, 6) is 0. The van der Waals surface area contributed by atoms with Gasteiger partial charge < -0.3 is 14.0 Å². The zero-order valence-electron chi connectivity index (χ0n) is 27.9. The molecule has 3 nitrogen and oxygen atoms in total. The maximum Gasteiger partial charge on any atom is 0.0635 e. The third-order valence-electron chi connectivity index (χ3n) is 10.1. The number of aromatic nitrogens is 2. The van der Waals surface area contributed by atoms with E-state index < -0.39 is 0 Å². The quantitative estimate of drug-likeness (QED) is 0.174. The van der Waals surface area contributed by atoms with E-state index in [0.717, 1.165) is 28.4 Å². The molecule has 0 saturated heterocycles. The Labute approximate surface area is 296 Å². The standard InChI is InChI=1S/C48H33N3/c1-4-15-35(16-5-1)47-33-44-46(50(47)38-20-8-3-9-21-38)31-30-43-42-22-12-13-23-45(42)51(48(43)44)40-28-26-39(27-29-40)49(37-18-6-2-7-19-37)41-25-24-34-14-10-11-17-36(34)32-41/h1-33H. The molecule has 8 aromatic carbocycles. The highest BCUT2D eigenvalue weighted by Gasteiger charge is 2.21. The summed E-state index contributed by atoms with van der Waals surface area (Å²) in [5.41, 5.74) is 11.6. The molecule has 240 valence electrons. The van der Waals surface area contributed by atoms with Crippen molar-refractivity contribution in [2.24, 2.45) is 0 Å². The Morgan fingerprint density at radius 3 is 1.71 bits per heavy atom. The predicted molar refractivity (Wildman–Crippen MR) is 215 cm³/mol. The third kappa shape index (κ3) is 4.82. The Morgan fingerprint density at radius 2 is 0.922 bits per heavy atom. The number of rotatable bonds is 6. The Morgan fingerprint density at radius 1 is 0.333 bits per heavy atom. The Bertz CT molecular complexity index is 2830. The average Bonchev–Trinajstić information content (AvgIpc) is 3.76. The molecule has 0 N–H and O–H groups in total. The fraction of sp³-hybridized carbons (Fsp3) is 0. The molecule has 0 saturated carbocycles. The molecule has 3 heteroatoms. The number of benzene rings is 8. The number of hydrogen-bond acceptors (Lipinski definition) is 1. The summed E-state index contributed by atoms with van der Waals surface area (Å²) in [5, 5.41) is 6.17. The van der Waals surface area contributed by atoms with E-state index in [0.29, 0.717) is 0 Å². The highest BCUT2D eigenvalue weighted by atomic mass is 15.1. The van der Waals surface area contributed by atoms with E-state index in [9.17, 15) is 0 Å². The van der Waals surface area contributed by atoms with Gasteiger partial charge in [0.25, 0.3) is 0 Å². The molecule has 0 aliphatic heterocycles. The van der Waals surface area contributed by atoms with Crippen LogP contribution >= 0.6 is 0 Å². The van der Waals surface area contributed by atoms with Crippen LogP contribution in [0.4, 0.5) is 17.1 Å².